The molecular weight excluding hydrogens is 260 g/mol. The molecule has 4 nitrogen and oxygen atoms in total. The Balaban J connectivity index is 2.13. The van der Waals surface area contributed by atoms with Crippen LogP contribution in [0.25, 0.3) is 0 Å². The van der Waals surface area contributed by atoms with Gasteiger partial charge in [-0.1, -0.05) is 30.3 Å². The molecule has 0 spiro atoms. The Hall–Kier alpha value is -1.49. The van der Waals surface area contributed by atoms with Crippen molar-refractivity contribution in [1.29, 1.82) is 0 Å². The summed E-state index contributed by atoms with van der Waals surface area (Å²) in [6.45, 7) is 3.81. The second kappa shape index (κ2) is 8.58. The fourth-order valence-corrected chi connectivity index (χ4v) is 2.26. The lowest BCUT2D eigenvalue weighted by molar-refractivity contribution is -0.125. The minimum Gasteiger partial charge on any atom is -0.352 e. The second-order valence-corrected chi connectivity index (χ2v) is 5.46. The summed E-state index contributed by atoms with van der Waals surface area (Å²) in [5.74, 6) is 0.896. The Kier molecular flexibility index (Phi) is 7.03. The van der Waals surface area contributed by atoms with Crippen LogP contribution in [-0.4, -0.2) is 30.2 Å². The molecule has 2 N–H and O–H groups in total. The van der Waals surface area contributed by atoms with Gasteiger partial charge in [0.05, 0.1) is 12.3 Å². The standard InChI is InChI=1S/C14H20N2O2S/c1-11(2)16-13(17)8-15-14(18)10-19-9-12-6-4-3-5-7-12/h3-7,11H,8-10H2,1-2H3,(H,15,18)(H,16,17). The van der Waals surface area contributed by atoms with Gasteiger partial charge in [0.1, 0.15) is 0 Å². The van der Waals surface area contributed by atoms with Gasteiger partial charge in [0.2, 0.25) is 11.8 Å². The molecule has 0 bridgehead atoms. The van der Waals surface area contributed by atoms with E-state index in [1.165, 1.54) is 17.3 Å². The first-order valence-corrected chi connectivity index (χ1v) is 7.41. The molecule has 0 fully saturated rings. The molecule has 0 saturated carbocycles. The average Bonchev–Trinajstić information content (AvgIpc) is 2.37. The highest BCUT2D eigenvalue weighted by Gasteiger charge is 2.06. The third-order valence-electron chi connectivity index (χ3n) is 2.24. The van der Waals surface area contributed by atoms with E-state index in [2.05, 4.69) is 10.6 Å². The Morgan fingerprint density at radius 2 is 1.84 bits per heavy atom. The molecule has 1 aromatic rings. The van der Waals surface area contributed by atoms with Crippen LogP contribution < -0.4 is 10.6 Å². The number of hydrogen-bond acceptors (Lipinski definition) is 3. The van der Waals surface area contributed by atoms with E-state index in [-0.39, 0.29) is 24.4 Å². The van der Waals surface area contributed by atoms with Crippen LogP contribution in [0.3, 0.4) is 0 Å². The zero-order chi connectivity index (χ0) is 14.1. The van der Waals surface area contributed by atoms with Gasteiger partial charge in [0.15, 0.2) is 0 Å². The minimum atomic E-state index is -0.156. The summed E-state index contributed by atoms with van der Waals surface area (Å²) in [7, 11) is 0. The van der Waals surface area contributed by atoms with Crippen LogP contribution in [0.2, 0.25) is 0 Å². The zero-order valence-electron chi connectivity index (χ0n) is 11.3. The monoisotopic (exact) mass is 280 g/mol. The van der Waals surface area contributed by atoms with Gasteiger partial charge in [-0.2, -0.15) is 0 Å². The van der Waals surface area contributed by atoms with Gasteiger partial charge in [-0.15, -0.1) is 11.8 Å². The first-order chi connectivity index (χ1) is 9.08. The van der Waals surface area contributed by atoms with E-state index >= 15 is 0 Å². The van der Waals surface area contributed by atoms with E-state index < -0.39 is 0 Å². The highest BCUT2D eigenvalue weighted by molar-refractivity contribution is 7.99. The number of hydrogen-bond donors (Lipinski definition) is 2. The maximum Gasteiger partial charge on any atom is 0.239 e. The molecule has 0 aromatic heterocycles. The molecule has 0 saturated heterocycles. The molecule has 1 aromatic carbocycles. The van der Waals surface area contributed by atoms with Crippen molar-refractivity contribution in [1.82, 2.24) is 10.6 Å². The quantitative estimate of drug-likeness (QED) is 0.797. The van der Waals surface area contributed by atoms with E-state index in [1.807, 2.05) is 44.2 Å². The number of carbonyl (C=O) groups excluding carboxylic acids is 2. The highest BCUT2D eigenvalue weighted by Crippen LogP contribution is 2.10. The fourth-order valence-electron chi connectivity index (χ4n) is 1.44. The topological polar surface area (TPSA) is 58.2 Å². The summed E-state index contributed by atoms with van der Waals surface area (Å²) < 4.78 is 0. The van der Waals surface area contributed by atoms with Gasteiger partial charge in [-0.25, -0.2) is 0 Å². The Bertz CT molecular complexity index is 407. The van der Waals surface area contributed by atoms with Crippen molar-refractivity contribution in [3.8, 4) is 0 Å². The summed E-state index contributed by atoms with van der Waals surface area (Å²) in [5.41, 5.74) is 1.19. The first-order valence-electron chi connectivity index (χ1n) is 6.25. The van der Waals surface area contributed by atoms with Gasteiger partial charge >= 0.3 is 0 Å². The van der Waals surface area contributed by atoms with Crippen molar-refractivity contribution in [3.63, 3.8) is 0 Å². The van der Waals surface area contributed by atoms with Gasteiger partial charge in [0.25, 0.3) is 0 Å². The van der Waals surface area contributed by atoms with E-state index in [0.717, 1.165) is 5.75 Å². The summed E-state index contributed by atoms with van der Waals surface area (Å²) >= 11 is 1.54. The van der Waals surface area contributed by atoms with Gasteiger partial charge in [-0.3, -0.25) is 9.59 Å². The third-order valence-corrected chi connectivity index (χ3v) is 3.24. The number of thioether (sulfide) groups is 1. The van der Waals surface area contributed by atoms with Crippen LogP contribution >= 0.6 is 11.8 Å². The average molecular weight is 280 g/mol. The molecule has 5 heteroatoms. The van der Waals surface area contributed by atoms with E-state index in [0.29, 0.717) is 5.75 Å². The van der Waals surface area contributed by atoms with E-state index in [9.17, 15) is 9.59 Å². The maximum atomic E-state index is 11.5. The SMILES string of the molecule is CC(C)NC(=O)CNC(=O)CSCc1ccccc1. The zero-order valence-corrected chi connectivity index (χ0v) is 12.1. The highest BCUT2D eigenvalue weighted by atomic mass is 32.2. The van der Waals surface area contributed by atoms with Crippen LogP contribution in [-0.2, 0) is 15.3 Å². The number of carbonyl (C=O) groups is 2. The summed E-state index contributed by atoms with van der Waals surface area (Å²) in [4.78, 5) is 22.8. The van der Waals surface area contributed by atoms with Crippen LogP contribution in [0.5, 0.6) is 0 Å². The molecule has 19 heavy (non-hydrogen) atoms. The summed E-state index contributed by atoms with van der Waals surface area (Å²) in [6, 6.07) is 10.1. The van der Waals surface area contributed by atoms with Crippen molar-refractivity contribution in [2.75, 3.05) is 12.3 Å². The van der Waals surface area contributed by atoms with Crippen molar-refractivity contribution < 1.29 is 9.59 Å². The number of nitrogens with one attached hydrogen (secondary N) is 2. The predicted octanol–water partition coefficient (Wildman–Crippen LogP) is 1.56. The molecule has 0 unspecified atom stereocenters. The molecule has 0 aliphatic rings. The minimum absolute atomic E-state index is 0.0446. The van der Waals surface area contributed by atoms with Crippen LogP contribution in [0, 0.1) is 0 Å². The maximum absolute atomic E-state index is 11.5. The largest absolute Gasteiger partial charge is 0.352 e. The van der Waals surface area contributed by atoms with Gasteiger partial charge in [-0.05, 0) is 19.4 Å². The fraction of sp³-hybridized carbons (Fsp3) is 0.429. The van der Waals surface area contributed by atoms with Crippen LogP contribution in [0.15, 0.2) is 30.3 Å². The second-order valence-electron chi connectivity index (χ2n) is 4.48. The van der Waals surface area contributed by atoms with Crippen molar-refractivity contribution in [2.45, 2.75) is 25.6 Å². The Morgan fingerprint density at radius 3 is 2.47 bits per heavy atom. The van der Waals surface area contributed by atoms with Crippen molar-refractivity contribution in [3.05, 3.63) is 35.9 Å². The molecule has 1 rings (SSSR count). The third kappa shape index (κ3) is 7.51. The normalized spacial score (nSPS) is 10.3. The number of amides is 2. The Labute approximate surface area is 118 Å². The Morgan fingerprint density at radius 1 is 1.16 bits per heavy atom. The molecule has 2 amide bonds. The first kappa shape index (κ1) is 15.6. The molecule has 0 aliphatic heterocycles. The van der Waals surface area contributed by atoms with E-state index in [1.54, 1.807) is 0 Å². The molecule has 0 aliphatic carbocycles. The lowest BCUT2D eigenvalue weighted by Gasteiger charge is -2.09. The molecule has 0 heterocycles. The smallest absolute Gasteiger partial charge is 0.239 e. The van der Waals surface area contributed by atoms with Crippen molar-refractivity contribution in [2.24, 2.45) is 0 Å². The number of benzene rings is 1. The van der Waals surface area contributed by atoms with Gasteiger partial charge in [0, 0.05) is 11.8 Å². The molecule has 104 valence electrons. The van der Waals surface area contributed by atoms with Crippen LogP contribution in [0.4, 0.5) is 0 Å². The number of rotatable bonds is 7. The lowest BCUT2D eigenvalue weighted by Crippen LogP contribution is -2.40. The van der Waals surface area contributed by atoms with Gasteiger partial charge < -0.3 is 10.6 Å². The molecular formula is C14H20N2O2S. The summed E-state index contributed by atoms with van der Waals surface area (Å²) in [5, 5.41) is 5.32. The summed E-state index contributed by atoms with van der Waals surface area (Å²) in [6.07, 6.45) is 0. The van der Waals surface area contributed by atoms with Crippen molar-refractivity contribution >= 4 is 23.6 Å². The molecule has 0 atom stereocenters. The van der Waals surface area contributed by atoms with Crippen LogP contribution in [0.1, 0.15) is 19.4 Å². The van der Waals surface area contributed by atoms with E-state index in [4.69, 9.17) is 0 Å². The molecule has 0 radical (unpaired) electrons. The predicted molar refractivity (Wildman–Crippen MR) is 78.9 cm³/mol. The lowest BCUT2D eigenvalue weighted by atomic mass is 10.2.